The molecule has 0 bridgehead atoms. The number of fused-ring (bicyclic) bond motifs is 2. The van der Waals surface area contributed by atoms with E-state index in [0.717, 1.165) is 30.6 Å². The number of aromatic nitrogens is 2. The number of piperidine rings is 1. The summed E-state index contributed by atoms with van der Waals surface area (Å²) in [5.41, 5.74) is 2.65. The second kappa shape index (κ2) is 9.74. The second-order valence-corrected chi connectivity index (χ2v) is 12.1. The van der Waals surface area contributed by atoms with Crippen molar-refractivity contribution < 1.29 is 14.3 Å². The lowest BCUT2D eigenvalue weighted by atomic mass is 9.91. The fraction of sp³-hybridized carbons (Fsp3) is 0.357. The predicted octanol–water partition coefficient (Wildman–Crippen LogP) is 4.62. The number of thioether (sulfide) groups is 1. The molecule has 5 heterocycles. The number of amides is 1. The van der Waals surface area contributed by atoms with Crippen molar-refractivity contribution in [2.75, 3.05) is 24.8 Å². The normalized spacial score (nSPS) is 22.2. The first-order chi connectivity index (χ1) is 18.3. The Bertz CT molecular complexity index is 1560. The van der Waals surface area contributed by atoms with Crippen LogP contribution in [0.5, 0.6) is 11.5 Å². The maximum absolute atomic E-state index is 13.8. The van der Waals surface area contributed by atoms with Crippen molar-refractivity contribution in [3.63, 3.8) is 0 Å². The lowest BCUT2D eigenvalue weighted by Crippen LogP contribution is -2.40. The minimum atomic E-state index is -0.224. The summed E-state index contributed by atoms with van der Waals surface area (Å²) in [6.07, 6.45) is 4.61. The number of nitrogens with zero attached hydrogens (tertiary/aromatic N) is 4. The molecule has 196 valence electrons. The van der Waals surface area contributed by atoms with Crippen LogP contribution < -0.4 is 19.9 Å². The number of aryl methyl sites for hydroxylation is 1. The van der Waals surface area contributed by atoms with Crippen LogP contribution in [0.25, 0.3) is 11.7 Å². The zero-order chi connectivity index (χ0) is 26.6. The minimum absolute atomic E-state index is 0.189. The molecule has 0 radical (unpaired) electrons. The van der Waals surface area contributed by atoms with Gasteiger partial charge in [-0.15, -0.1) is 0 Å². The molecule has 2 aromatic heterocycles. The van der Waals surface area contributed by atoms with Gasteiger partial charge in [-0.25, -0.2) is 4.98 Å². The molecule has 2 unspecified atom stereocenters. The molecule has 0 spiro atoms. The first kappa shape index (κ1) is 24.9. The molecule has 3 aromatic rings. The third-order valence-electron chi connectivity index (χ3n) is 7.08. The molecule has 38 heavy (non-hydrogen) atoms. The highest BCUT2D eigenvalue weighted by atomic mass is 32.2. The molecular weight excluding hydrogens is 520 g/mol. The van der Waals surface area contributed by atoms with Crippen molar-refractivity contribution in [2.45, 2.75) is 33.7 Å². The molecule has 10 heteroatoms. The molecule has 8 nitrogen and oxygen atoms in total. The number of hydrogen-bond acceptors (Lipinski definition) is 8. The van der Waals surface area contributed by atoms with Gasteiger partial charge >= 0.3 is 0 Å². The van der Waals surface area contributed by atoms with Crippen LogP contribution in [0.3, 0.4) is 0 Å². The third kappa shape index (κ3) is 4.56. The Morgan fingerprint density at radius 3 is 2.66 bits per heavy atom. The number of thiocarbonyl (C=S) groups is 1. The number of ether oxygens (including phenoxy) is 2. The molecule has 2 fully saturated rings. The first-order valence-electron chi connectivity index (χ1n) is 12.7. The average molecular weight is 549 g/mol. The number of carbonyl (C=O) groups excluding carboxylic acids is 1. The summed E-state index contributed by atoms with van der Waals surface area (Å²) in [4.78, 5) is 36.5. The minimum Gasteiger partial charge on any atom is -0.454 e. The number of anilines is 1. The number of benzene rings is 1. The largest absolute Gasteiger partial charge is 0.454 e. The number of carbonyl (C=O) groups is 1. The lowest BCUT2D eigenvalue weighted by Gasteiger charge is -2.36. The number of rotatable bonds is 4. The van der Waals surface area contributed by atoms with Crippen molar-refractivity contribution in [2.24, 2.45) is 11.8 Å². The molecule has 3 aliphatic rings. The van der Waals surface area contributed by atoms with Crippen LogP contribution in [-0.2, 0) is 11.3 Å². The Hall–Kier alpha value is -3.37. The van der Waals surface area contributed by atoms with Gasteiger partial charge in [0.05, 0.1) is 17.0 Å². The standard InChI is InChI=1S/C28H28N4O4S2/c1-16-4-7-24-29-25(30-11-17(2)8-18(3)12-30)20(26(33)31(24)13-16)10-23-27(34)32(28(37)38-23)14-19-5-6-21-22(9-19)36-15-35-21/h4-7,9-10,13,17-18H,8,11-12,14-15H2,1-3H3/b23-10+. The van der Waals surface area contributed by atoms with Gasteiger partial charge in [0.15, 0.2) is 11.5 Å². The summed E-state index contributed by atoms with van der Waals surface area (Å²) in [6.45, 7) is 8.50. The predicted molar refractivity (Wildman–Crippen MR) is 153 cm³/mol. The van der Waals surface area contributed by atoms with Crippen molar-refractivity contribution in [1.82, 2.24) is 14.3 Å². The summed E-state index contributed by atoms with van der Waals surface area (Å²) in [7, 11) is 0. The summed E-state index contributed by atoms with van der Waals surface area (Å²) in [5, 5.41) is 0. The molecule has 0 saturated carbocycles. The van der Waals surface area contributed by atoms with Crippen molar-refractivity contribution in [3.8, 4) is 11.5 Å². The van der Waals surface area contributed by atoms with E-state index in [1.54, 1.807) is 21.6 Å². The molecule has 3 aliphatic heterocycles. The van der Waals surface area contributed by atoms with E-state index < -0.39 is 0 Å². The van der Waals surface area contributed by atoms with Gasteiger partial charge in [-0.1, -0.05) is 50.0 Å². The highest BCUT2D eigenvalue weighted by Gasteiger charge is 2.34. The maximum atomic E-state index is 13.8. The van der Waals surface area contributed by atoms with E-state index in [4.69, 9.17) is 26.7 Å². The van der Waals surface area contributed by atoms with Gasteiger partial charge in [-0.3, -0.25) is 18.9 Å². The fourth-order valence-corrected chi connectivity index (χ4v) is 6.68. The van der Waals surface area contributed by atoms with E-state index in [-0.39, 0.29) is 18.3 Å². The van der Waals surface area contributed by atoms with E-state index in [2.05, 4.69) is 18.7 Å². The maximum Gasteiger partial charge on any atom is 0.267 e. The van der Waals surface area contributed by atoms with E-state index in [9.17, 15) is 9.59 Å². The lowest BCUT2D eigenvalue weighted by molar-refractivity contribution is -0.122. The van der Waals surface area contributed by atoms with Crippen LogP contribution in [0.2, 0.25) is 0 Å². The van der Waals surface area contributed by atoms with Crippen molar-refractivity contribution >= 4 is 51.7 Å². The summed E-state index contributed by atoms with van der Waals surface area (Å²) >= 11 is 6.80. The molecule has 6 rings (SSSR count). The van der Waals surface area contributed by atoms with Gasteiger partial charge in [0.2, 0.25) is 6.79 Å². The summed E-state index contributed by atoms with van der Waals surface area (Å²) in [5.74, 6) is 2.70. The molecule has 2 atom stereocenters. The van der Waals surface area contributed by atoms with Crippen LogP contribution in [0.4, 0.5) is 5.82 Å². The van der Waals surface area contributed by atoms with Crippen molar-refractivity contribution in [3.05, 3.63) is 68.5 Å². The Balaban J connectivity index is 1.39. The Labute approximate surface area is 230 Å². The Morgan fingerprint density at radius 2 is 1.87 bits per heavy atom. The van der Waals surface area contributed by atoms with E-state index in [0.29, 0.717) is 56.1 Å². The van der Waals surface area contributed by atoms with Crippen LogP contribution in [0.15, 0.2) is 46.2 Å². The van der Waals surface area contributed by atoms with E-state index in [1.165, 1.54) is 11.8 Å². The van der Waals surface area contributed by atoms with Gasteiger partial charge in [0, 0.05) is 19.3 Å². The van der Waals surface area contributed by atoms with Gasteiger partial charge < -0.3 is 14.4 Å². The first-order valence-corrected chi connectivity index (χ1v) is 13.9. The monoisotopic (exact) mass is 548 g/mol. The smallest absolute Gasteiger partial charge is 0.267 e. The summed E-state index contributed by atoms with van der Waals surface area (Å²) < 4.78 is 12.9. The second-order valence-electron chi connectivity index (χ2n) is 10.4. The van der Waals surface area contributed by atoms with Crippen LogP contribution >= 0.6 is 24.0 Å². The van der Waals surface area contributed by atoms with Crippen molar-refractivity contribution in [1.29, 1.82) is 0 Å². The van der Waals surface area contributed by atoms with Gasteiger partial charge in [-0.05, 0) is 60.6 Å². The Kier molecular flexibility index (Phi) is 6.39. The SMILES string of the molecule is Cc1ccc2nc(N3CC(C)CC(C)C3)c(/C=C3/SC(=S)N(Cc4ccc5c(c4)OCO5)C3=O)c(=O)n2c1. The van der Waals surface area contributed by atoms with Crippen LogP contribution in [0, 0.1) is 18.8 Å². The molecule has 2 saturated heterocycles. The van der Waals surface area contributed by atoms with Gasteiger partial charge in [-0.2, -0.15) is 0 Å². The number of hydrogen-bond donors (Lipinski definition) is 0. The van der Waals surface area contributed by atoms with Gasteiger partial charge in [0.1, 0.15) is 15.8 Å². The zero-order valence-electron chi connectivity index (χ0n) is 21.5. The highest BCUT2D eigenvalue weighted by Crippen LogP contribution is 2.37. The quantitative estimate of drug-likeness (QED) is 0.346. The molecular formula is C28H28N4O4S2. The highest BCUT2D eigenvalue weighted by molar-refractivity contribution is 8.26. The number of pyridine rings is 1. The van der Waals surface area contributed by atoms with E-state index >= 15 is 0 Å². The Morgan fingerprint density at radius 1 is 1.11 bits per heavy atom. The zero-order valence-corrected chi connectivity index (χ0v) is 23.1. The molecule has 0 aliphatic carbocycles. The van der Waals surface area contributed by atoms with Gasteiger partial charge in [0.25, 0.3) is 11.5 Å². The van der Waals surface area contributed by atoms with Crippen LogP contribution in [-0.4, -0.2) is 44.4 Å². The molecule has 0 N–H and O–H groups in total. The molecule has 1 amide bonds. The third-order valence-corrected chi connectivity index (χ3v) is 8.46. The fourth-order valence-electron chi connectivity index (χ4n) is 5.44. The summed E-state index contributed by atoms with van der Waals surface area (Å²) in [6, 6.07) is 9.42. The average Bonchev–Trinajstić information content (AvgIpc) is 3.45. The molecule has 1 aromatic carbocycles. The van der Waals surface area contributed by atoms with Crippen LogP contribution in [0.1, 0.15) is 37.0 Å². The van der Waals surface area contributed by atoms with E-state index in [1.807, 2.05) is 37.3 Å². The topological polar surface area (TPSA) is 76.4 Å².